The number of nitrogens with zero attached hydrogens (tertiary/aromatic N) is 2. The van der Waals surface area contributed by atoms with Gasteiger partial charge in [0.25, 0.3) is 16.8 Å². The number of rotatable bonds is 4. The van der Waals surface area contributed by atoms with Crippen molar-refractivity contribution in [3.63, 3.8) is 0 Å². The molecule has 1 aromatic heterocycles. The second kappa shape index (κ2) is 7.57. The fourth-order valence-corrected chi connectivity index (χ4v) is 3.72. The van der Waals surface area contributed by atoms with Gasteiger partial charge in [0.1, 0.15) is 11.5 Å². The zero-order valence-electron chi connectivity index (χ0n) is 14.6. The number of nitro benzene ring substituents is 1. The molecule has 0 N–H and O–H groups in total. The van der Waals surface area contributed by atoms with Gasteiger partial charge in [0, 0.05) is 28.8 Å². The Labute approximate surface area is 173 Å². The summed E-state index contributed by atoms with van der Waals surface area (Å²) < 4.78 is 5.69. The predicted molar refractivity (Wildman–Crippen MR) is 111 cm³/mol. The molecule has 0 radical (unpaired) electrons. The zero-order valence-corrected chi connectivity index (χ0v) is 16.1. The van der Waals surface area contributed by atoms with Gasteiger partial charge in [-0.2, -0.15) is 0 Å². The third-order valence-electron chi connectivity index (χ3n) is 4.12. The number of halogens is 1. The van der Waals surface area contributed by atoms with E-state index < -0.39 is 16.1 Å². The van der Waals surface area contributed by atoms with Gasteiger partial charge in [-0.05, 0) is 48.2 Å². The molecule has 9 heteroatoms. The third kappa shape index (κ3) is 3.80. The second-order valence-electron chi connectivity index (χ2n) is 6.00. The van der Waals surface area contributed by atoms with Crippen molar-refractivity contribution in [2.24, 2.45) is 0 Å². The first-order valence-corrected chi connectivity index (χ1v) is 9.50. The number of thioether (sulfide) groups is 1. The molecule has 0 unspecified atom stereocenters. The molecule has 2 heterocycles. The lowest BCUT2D eigenvalue weighted by molar-refractivity contribution is -0.384. The van der Waals surface area contributed by atoms with Crippen molar-refractivity contribution in [2.75, 3.05) is 4.90 Å². The van der Waals surface area contributed by atoms with Gasteiger partial charge in [-0.3, -0.25) is 19.7 Å². The first-order valence-electron chi connectivity index (χ1n) is 8.30. The van der Waals surface area contributed by atoms with E-state index in [0.29, 0.717) is 27.8 Å². The zero-order chi connectivity index (χ0) is 20.5. The van der Waals surface area contributed by atoms with E-state index in [1.807, 2.05) is 0 Å². The second-order valence-corrected chi connectivity index (χ2v) is 7.43. The van der Waals surface area contributed by atoms with Gasteiger partial charge in [0.15, 0.2) is 0 Å². The van der Waals surface area contributed by atoms with Gasteiger partial charge in [-0.1, -0.05) is 23.7 Å². The summed E-state index contributed by atoms with van der Waals surface area (Å²) >= 11 is 6.66. The summed E-state index contributed by atoms with van der Waals surface area (Å²) in [7, 11) is 0. The molecule has 0 saturated carbocycles. The highest BCUT2D eigenvalue weighted by molar-refractivity contribution is 8.19. The average Bonchev–Trinajstić information content (AvgIpc) is 3.28. The Bertz CT molecular complexity index is 1170. The van der Waals surface area contributed by atoms with Gasteiger partial charge in [0.05, 0.1) is 15.5 Å². The molecule has 0 bridgehead atoms. The van der Waals surface area contributed by atoms with Gasteiger partial charge < -0.3 is 4.42 Å². The highest BCUT2D eigenvalue weighted by Crippen LogP contribution is 2.36. The number of nitro groups is 1. The minimum absolute atomic E-state index is 0.0514. The van der Waals surface area contributed by atoms with Crippen LogP contribution >= 0.6 is 23.4 Å². The van der Waals surface area contributed by atoms with E-state index in [-0.39, 0.29) is 10.6 Å². The Morgan fingerprint density at radius 2 is 1.83 bits per heavy atom. The van der Waals surface area contributed by atoms with Crippen LogP contribution in [0.5, 0.6) is 0 Å². The standard InChI is InChI=1S/C20H11ClN2O5S/c21-13-4-6-14(7-5-13)22-19(24)18(29-20(22)25)11-16-8-9-17(28-16)12-2-1-3-15(10-12)23(26)27/h1-11H/b18-11+. The van der Waals surface area contributed by atoms with E-state index in [1.54, 1.807) is 48.5 Å². The van der Waals surface area contributed by atoms with Crippen molar-refractivity contribution in [1.29, 1.82) is 0 Å². The van der Waals surface area contributed by atoms with E-state index in [9.17, 15) is 19.7 Å². The van der Waals surface area contributed by atoms with E-state index in [0.717, 1.165) is 16.7 Å². The maximum Gasteiger partial charge on any atom is 0.298 e. The van der Waals surface area contributed by atoms with Crippen LogP contribution in [0.4, 0.5) is 16.2 Å². The van der Waals surface area contributed by atoms with E-state index in [4.69, 9.17) is 16.0 Å². The minimum Gasteiger partial charge on any atom is -0.457 e. The molecular weight excluding hydrogens is 416 g/mol. The highest BCUT2D eigenvalue weighted by Gasteiger charge is 2.36. The van der Waals surface area contributed by atoms with Crippen LogP contribution in [0.2, 0.25) is 5.02 Å². The first-order chi connectivity index (χ1) is 13.9. The predicted octanol–water partition coefficient (Wildman–Crippen LogP) is 5.75. The third-order valence-corrected chi connectivity index (χ3v) is 5.24. The number of hydrogen-bond donors (Lipinski definition) is 0. The Balaban J connectivity index is 1.60. The number of imide groups is 1. The van der Waals surface area contributed by atoms with Gasteiger partial charge in [-0.25, -0.2) is 4.90 Å². The summed E-state index contributed by atoms with van der Waals surface area (Å²) in [6.07, 6.45) is 1.47. The lowest BCUT2D eigenvalue weighted by Crippen LogP contribution is -2.27. The lowest BCUT2D eigenvalue weighted by Gasteiger charge is -2.11. The highest BCUT2D eigenvalue weighted by atomic mass is 35.5. The number of carbonyl (C=O) groups excluding carboxylic acids is 2. The summed E-state index contributed by atoms with van der Waals surface area (Å²) in [5, 5.41) is 11.0. The van der Waals surface area contributed by atoms with Crippen molar-refractivity contribution in [2.45, 2.75) is 0 Å². The van der Waals surface area contributed by atoms with Gasteiger partial charge in [0.2, 0.25) is 0 Å². The van der Waals surface area contributed by atoms with Crippen LogP contribution in [-0.4, -0.2) is 16.1 Å². The summed E-state index contributed by atoms with van der Waals surface area (Å²) in [5.74, 6) is 0.306. The van der Waals surface area contributed by atoms with Crippen molar-refractivity contribution >= 4 is 52.0 Å². The van der Waals surface area contributed by atoms with Crippen LogP contribution in [0.1, 0.15) is 5.76 Å². The molecule has 1 fully saturated rings. The molecule has 0 aliphatic carbocycles. The number of hydrogen-bond acceptors (Lipinski definition) is 6. The lowest BCUT2D eigenvalue weighted by atomic mass is 10.1. The van der Waals surface area contributed by atoms with Gasteiger partial charge >= 0.3 is 0 Å². The molecular formula is C20H11ClN2O5S. The largest absolute Gasteiger partial charge is 0.457 e. The smallest absolute Gasteiger partial charge is 0.298 e. The monoisotopic (exact) mass is 426 g/mol. The first kappa shape index (κ1) is 19.0. The van der Waals surface area contributed by atoms with Crippen molar-refractivity contribution in [3.8, 4) is 11.3 Å². The average molecular weight is 427 g/mol. The molecule has 2 amide bonds. The maximum atomic E-state index is 12.7. The Morgan fingerprint density at radius 3 is 2.55 bits per heavy atom. The molecule has 0 atom stereocenters. The van der Waals surface area contributed by atoms with Crippen molar-refractivity contribution in [3.05, 3.63) is 86.5 Å². The quantitative estimate of drug-likeness (QED) is 0.299. The van der Waals surface area contributed by atoms with Crippen LogP contribution < -0.4 is 4.90 Å². The molecule has 4 rings (SSSR count). The van der Waals surface area contributed by atoms with Crippen molar-refractivity contribution in [1.82, 2.24) is 0 Å². The fraction of sp³-hybridized carbons (Fsp3) is 0. The number of amides is 2. The van der Waals surface area contributed by atoms with E-state index >= 15 is 0 Å². The molecule has 29 heavy (non-hydrogen) atoms. The molecule has 0 spiro atoms. The molecule has 1 aliphatic heterocycles. The number of non-ortho nitro benzene ring substituents is 1. The SMILES string of the molecule is O=C1S/C(=C/c2ccc(-c3cccc([N+](=O)[O-])c3)o2)C(=O)N1c1ccc(Cl)cc1. The topological polar surface area (TPSA) is 93.7 Å². The van der Waals surface area contributed by atoms with Crippen LogP contribution in [-0.2, 0) is 4.79 Å². The van der Waals surface area contributed by atoms with Crippen LogP contribution in [0.3, 0.4) is 0 Å². The Morgan fingerprint density at radius 1 is 1.07 bits per heavy atom. The van der Waals surface area contributed by atoms with Gasteiger partial charge in [-0.15, -0.1) is 0 Å². The van der Waals surface area contributed by atoms with E-state index in [2.05, 4.69) is 0 Å². The number of carbonyl (C=O) groups is 2. The van der Waals surface area contributed by atoms with Crippen LogP contribution in [0.25, 0.3) is 17.4 Å². The van der Waals surface area contributed by atoms with Crippen LogP contribution in [0, 0.1) is 10.1 Å². The summed E-state index contributed by atoms with van der Waals surface area (Å²) in [6.45, 7) is 0. The van der Waals surface area contributed by atoms with E-state index in [1.165, 1.54) is 18.2 Å². The molecule has 1 saturated heterocycles. The summed E-state index contributed by atoms with van der Waals surface area (Å²) in [5.41, 5.74) is 0.912. The summed E-state index contributed by atoms with van der Waals surface area (Å²) in [6, 6.07) is 15.7. The number of furan rings is 1. The Kier molecular flexibility index (Phi) is 4.96. The molecule has 144 valence electrons. The number of anilines is 1. The minimum atomic E-state index is -0.486. The molecule has 3 aromatic rings. The summed E-state index contributed by atoms with van der Waals surface area (Å²) in [4.78, 5) is 36.7. The fourth-order valence-electron chi connectivity index (χ4n) is 2.77. The normalized spacial score (nSPS) is 15.3. The maximum absolute atomic E-state index is 12.7. The van der Waals surface area contributed by atoms with Crippen LogP contribution in [0.15, 0.2) is 70.0 Å². The number of benzene rings is 2. The molecule has 1 aliphatic rings. The van der Waals surface area contributed by atoms with Crippen molar-refractivity contribution < 1.29 is 18.9 Å². The molecule has 2 aromatic carbocycles. The Hall–Kier alpha value is -3.36. The molecule has 7 nitrogen and oxygen atoms in total.